The third-order valence-corrected chi connectivity index (χ3v) is 5.06. The zero-order valence-corrected chi connectivity index (χ0v) is 15.0. The number of rotatable bonds is 2. The van der Waals surface area contributed by atoms with Crippen molar-refractivity contribution < 1.29 is 18.4 Å². The van der Waals surface area contributed by atoms with E-state index in [0.29, 0.717) is 31.6 Å². The van der Waals surface area contributed by atoms with E-state index < -0.39 is 5.82 Å². The quantitative estimate of drug-likeness (QED) is 0.840. The Labute approximate surface area is 156 Å². The summed E-state index contributed by atoms with van der Waals surface area (Å²) in [4.78, 5) is 25.8. The molecular formula is C20H20FN3O3. The van der Waals surface area contributed by atoms with E-state index in [9.17, 15) is 14.0 Å². The number of carbonyl (C=O) groups is 2. The Balaban J connectivity index is 1.51. The van der Waals surface area contributed by atoms with Crippen molar-refractivity contribution >= 4 is 28.9 Å². The molecule has 6 nitrogen and oxygen atoms in total. The zero-order chi connectivity index (χ0) is 19.0. The molecule has 1 aromatic carbocycles. The Morgan fingerprint density at radius 2 is 2.15 bits per heavy atom. The standard InChI is InChI=1S/C20H20FN3O3/c1-12-6-7-24(11-14(12)18-3-2-8-27-18)20(26)23-17-9-13-4-5-19(25)22-16(13)10-15(17)21/h2-3,8-10H,4-7,11H2,1H3,(H,22,25)(H,23,26). The molecule has 0 spiro atoms. The van der Waals surface area contributed by atoms with E-state index in [1.54, 1.807) is 17.2 Å². The predicted octanol–water partition coefficient (Wildman–Crippen LogP) is 4.01. The molecule has 7 heteroatoms. The molecule has 27 heavy (non-hydrogen) atoms. The molecule has 1 aromatic heterocycles. The second-order valence-corrected chi connectivity index (χ2v) is 6.88. The van der Waals surface area contributed by atoms with Crippen LogP contribution in [0.3, 0.4) is 0 Å². The molecule has 2 N–H and O–H groups in total. The number of carbonyl (C=O) groups excluding carboxylic acids is 2. The third-order valence-electron chi connectivity index (χ3n) is 5.06. The first-order valence-corrected chi connectivity index (χ1v) is 8.92. The smallest absolute Gasteiger partial charge is 0.322 e. The van der Waals surface area contributed by atoms with Crippen LogP contribution in [0.25, 0.3) is 5.57 Å². The molecule has 2 aliphatic rings. The highest BCUT2D eigenvalue weighted by Gasteiger charge is 2.25. The SMILES string of the molecule is CC1=C(c2ccco2)CN(C(=O)Nc2cc3c(cc2F)NC(=O)CC3)CC1. The lowest BCUT2D eigenvalue weighted by molar-refractivity contribution is -0.116. The summed E-state index contributed by atoms with van der Waals surface area (Å²) in [5.41, 5.74) is 3.58. The Morgan fingerprint density at radius 1 is 1.30 bits per heavy atom. The van der Waals surface area contributed by atoms with Gasteiger partial charge in [0.2, 0.25) is 5.91 Å². The summed E-state index contributed by atoms with van der Waals surface area (Å²) in [6.07, 6.45) is 3.23. The Hall–Kier alpha value is -3.09. The highest BCUT2D eigenvalue weighted by Crippen LogP contribution is 2.30. The molecule has 0 atom stereocenters. The number of halogens is 1. The molecule has 0 unspecified atom stereocenters. The van der Waals surface area contributed by atoms with Crippen molar-refractivity contribution in [2.24, 2.45) is 0 Å². The number of anilines is 2. The highest BCUT2D eigenvalue weighted by molar-refractivity contribution is 5.96. The highest BCUT2D eigenvalue weighted by atomic mass is 19.1. The first kappa shape index (κ1) is 17.3. The Morgan fingerprint density at radius 3 is 2.93 bits per heavy atom. The van der Waals surface area contributed by atoms with Gasteiger partial charge >= 0.3 is 6.03 Å². The number of nitrogens with one attached hydrogen (secondary N) is 2. The van der Waals surface area contributed by atoms with Crippen molar-refractivity contribution in [2.75, 3.05) is 23.7 Å². The van der Waals surface area contributed by atoms with Gasteiger partial charge in [0.15, 0.2) is 0 Å². The van der Waals surface area contributed by atoms with Gasteiger partial charge < -0.3 is 20.0 Å². The number of hydrogen-bond acceptors (Lipinski definition) is 3. The van der Waals surface area contributed by atoms with Crippen LogP contribution in [0, 0.1) is 5.82 Å². The molecule has 0 saturated heterocycles. The number of hydrogen-bond donors (Lipinski definition) is 2. The van der Waals surface area contributed by atoms with Crippen molar-refractivity contribution in [3.8, 4) is 0 Å². The maximum absolute atomic E-state index is 14.4. The van der Waals surface area contributed by atoms with E-state index in [2.05, 4.69) is 10.6 Å². The van der Waals surface area contributed by atoms with Crippen LogP contribution in [-0.2, 0) is 11.2 Å². The predicted molar refractivity (Wildman–Crippen MR) is 99.9 cm³/mol. The molecule has 4 rings (SSSR count). The van der Waals surface area contributed by atoms with Gasteiger partial charge in [0.25, 0.3) is 0 Å². The zero-order valence-electron chi connectivity index (χ0n) is 15.0. The summed E-state index contributed by atoms with van der Waals surface area (Å²) in [5, 5.41) is 5.32. The van der Waals surface area contributed by atoms with Crippen LogP contribution in [0.5, 0.6) is 0 Å². The molecule has 0 bridgehead atoms. The molecule has 0 aliphatic carbocycles. The number of amides is 3. The molecule has 2 aliphatic heterocycles. The van der Waals surface area contributed by atoms with Crippen molar-refractivity contribution in [1.29, 1.82) is 0 Å². The number of benzene rings is 1. The van der Waals surface area contributed by atoms with Crippen LogP contribution >= 0.6 is 0 Å². The number of fused-ring (bicyclic) bond motifs is 1. The fourth-order valence-electron chi connectivity index (χ4n) is 3.46. The van der Waals surface area contributed by atoms with Crippen LogP contribution < -0.4 is 10.6 Å². The Kier molecular flexibility index (Phi) is 4.43. The third kappa shape index (κ3) is 3.45. The van der Waals surface area contributed by atoms with Gasteiger partial charge in [-0.25, -0.2) is 9.18 Å². The molecule has 3 amide bonds. The lowest BCUT2D eigenvalue weighted by Gasteiger charge is -2.29. The minimum absolute atomic E-state index is 0.125. The maximum Gasteiger partial charge on any atom is 0.322 e. The summed E-state index contributed by atoms with van der Waals surface area (Å²) in [5.74, 6) is 0.0552. The van der Waals surface area contributed by atoms with E-state index in [0.717, 1.165) is 23.3 Å². The van der Waals surface area contributed by atoms with Crippen LogP contribution in [-0.4, -0.2) is 29.9 Å². The van der Waals surface area contributed by atoms with Crippen LogP contribution in [0.2, 0.25) is 0 Å². The fraction of sp³-hybridized carbons (Fsp3) is 0.300. The topological polar surface area (TPSA) is 74.6 Å². The Bertz CT molecular complexity index is 934. The molecule has 2 aromatic rings. The molecule has 0 radical (unpaired) electrons. The summed E-state index contributed by atoms with van der Waals surface area (Å²) >= 11 is 0. The summed E-state index contributed by atoms with van der Waals surface area (Å²) in [6.45, 7) is 3.00. The van der Waals surface area contributed by atoms with Crippen molar-refractivity contribution in [1.82, 2.24) is 4.90 Å². The first-order chi connectivity index (χ1) is 13.0. The largest absolute Gasteiger partial charge is 0.465 e. The lowest BCUT2D eigenvalue weighted by Crippen LogP contribution is -2.39. The molecule has 0 fully saturated rings. The van der Waals surface area contributed by atoms with E-state index >= 15 is 0 Å². The van der Waals surface area contributed by atoms with Gasteiger partial charge in [-0.05, 0) is 49.6 Å². The number of urea groups is 1. The fourth-order valence-corrected chi connectivity index (χ4v) is 3.46. The summed E-state index contributed by atoms with van der Waals surface area (Å²) in [7, 11) is 0. The van der Waals surface area contributed by atoms with Gasteiger partial charge in [0.1, 0.15) is 11.6 Å². The van der Waals surface area contributed by atoms with Gasteiger partial charge in [-0.3, -0.25) is 4.79 Å². The molecule has 3 heterocycles. The minimum atomic E-state index is -0.570. The first-order valence-electron chi connectivity index (χ1n) is 8.92. The summed E-state index contributed by atoms with van der Waals surface area (Å²) < 4.78 is 19.9. The normalized spacial score (nSPS) is 16.8. The van der Waals surface area contributed by atoms with Gasteiger partial charge in [0, 0.05) is 24.2 Å². The molecule has 140 valence electrons. The van der Waals surface area contributed by atoms with E-state index in [1.165, 1.54) is 11.6 Å². The average Bonchev–Trinajstić information content (AvgIpc) is 3.17. The van der Waals surface area contributed by atoms with Crippen molar-refractivity contribution in [2.45, 2.75) is 26.2 Å². The molecule has 0 saturated carbocycles. The van der Waals surface area contributed by atoms with Gasteiger partial charge in [-0.15, -0.1) is 0 Å². The van der Waals surface area contributed by atoms with Gasteiger partial charge in [0.05, 0.1) is 18.5 Å². The molecular weight excluding hydrogens is 349 g/mol. The monoisotopic (exact) mass is 369 g/mol. The van der Waals surface area contributed by atoms with Crippen LogP contribution in [0.1, 0.15) is 31.1 Å². The minimum Gasteiger partial charge on any atom is -0.465 e. The number of aryl methyl sites for hydroxylation is 1. The van der Waals surface area contributed by atoms with Crippen molar-refractivity contribution in [3.05, 3.63) is 53.2 Å². The lowest BCUT2D eigenvalue weighted by atomic mass is 10.00. The van der Waals surface area contributed by atoms with Gasteiger partial charge in [-0.1, -0.05) is 5.57 Å². The van der Waals surface area contributed by atoms with Crippen molar-refractivity contribution in [3.63, 3.8) is 0 Å². The van der Waals surface area contributed by atoms with Crippen LogP contribution in [0.4, 0.5) is 20.6 Å². The second-order valence-electron chi connectivity index (χ2n) is 6.88. The van der Waals surface area contributed by atoms with Gasteiger partial charge in [-0.2, -0.15) is 0 Å². The number of nitrogens with zero attached hydrogens (tertiary/aromatic N) is 1. The number of furan rings is 1. The average molecular weight is 369 g/mol. The van der Waals surface area contributed by atoms with Crippen LogP contribution in [0.15, 0.2) is 40.5 Å². The van der Waals surface area contributed by atoms with E-state index in [1.807, 2.05) is 19.1 Å². The maximum atomic E-state index is 14.4. The van der Waals surface area contributed by atoms with E-state index in [4.69, 9.17) is 4.42 Å². The summed E-state index contributed by atoms with van der Waals surface area (Å²) in [6, 6.07) is 6.19. The van der Waals surface area contributed by atoms with E-state index in [-0.39, 0.29) is 17.6 Å². The second kappa shape index (κ2) is 6.90.